The molecular weight excluding hydrogens is 350 g/mol. The number of thiophene rings is 1. The van der Waals surface area contributed by atoms with Crippen molar-refractivity contribution in [3.05, 3.63) is 64.5 Å². The van der Waals surface area contributed by atoms with E-state index >= 15 is 0 Å². The molecule has 0 radical (unpaired) electrons. The molecule has 0 bridgehead atoms. The van der Waals surface area contributed by atoms with Crippen molar-refractivity contribution in [2.45, 2.75) is 0 Å². The molecule has 0 N–H and O–H groups in total. The third kappa shape index (κ3) is 3.66. The molecular formula is C18H12F2O4S. The van der Waals surface area contributed by atoms with Gasteiger partial charge in [0.15, 0.2) is 24.0 Å². The molecule has 0 saturated carbocycles. The van der Waals surface area contributed by atoms with Gasteiger partial charge in [-0.05, 0) is 47.9 Å². The minimum absolute atomic E-state index is 0.0195. The molecule has 0 amide bonds. The first-order chi connectivity index (χ1) is 12.0. The maximum absolute atomic E-state index is 13.6. The number of carbonyl (C=O) groups is 2. The van der Waals surface area contributed by atoms with Crippen LogP contribution in [0.3, 0.4) is 0 Å². The molecule has 3 aromatic rings. The predicted octanol–water partition coefficient (Wildman–Crippen LogP) is 4.23. The Labute approximate surface area is 145 Å². The molecule has 7 heteroatoms. The second-order valence-corrected chi connectivity index (χ2v) is 6.23. The number of fused-ring (bicyclic) bond motifs is 1. The van der Waals surface area contributed by atoms with Gasteiger partial charge < -0.3 is 9.47 Å². The molecule has 0 saturated heterocycles. The van der Waals surface area contributed by atoms with E-state index in [1.165, 1.54) is 37.4 Å². The lowest BCUT2D eigenvalue weighted by atomic mass is 10.1. The molecule has 1 aromatic heterocycles. The molecule has 0 spiro atoms. The third-order valence-electron chi connectivity index (χ3n) is 3.49. The van der Waals surface area contributed by atoms with Gasteiger partial charge in [0, 0.05) is 10.3 Å². The molecule has 3 rings (SSSR count). The summed E-state index contributed by atoms with van der Waals surface area (Å²) in [6.45, 7) is -0.521. The summed E-state index contributed by atoms with van der Waals surface area (Å²) in [4.78, 5) is 24.3. The van der Waals surface area contributed by atoms with E-state index < -0.39 is 30.0 Å². The summed E-state index contributed by atoms with van der Waals surface area (Å²) in [6.07, 6.45) is 0. The van der Waals surface area contributed by atoms with E-state index in [1.54, 1.807) is 6.07 Å². The average molecular weight is 362 g/mol. The topological polar surface area (TPSA) is 52.6 Å². The van der Waals surface area contributed by atoms with Crippen molar-refractivity contribution in [1.29, 1.82) is 0 Å². The predicted molar refractivity (Wildman–Crippen MR) is 89.3 cm³/mol. The van der Waals surface area contributed by atoms with Crippen LogP contribution in [0.5, 0.6) is 5.75 Å². The van der Waals surface area contributed by atoms with Crippen LogP contribution in [0.4, 0.5) is 8.78 Å². The Hall–Kier alpha value is -2.80. The number of carbonyl (C=O) groups excluding carboxylic acids is 2. The van der Waals surface area contributed by atoms with Gasteiger partial charge in [0.25, 0.3) is 0 Å². The van der Waals surface area contributed by atoms with Gasteiger partial charge in [0.2, 0.25) is 0 Å². The molecule has 0 aliphatic heterocycles. The van der Waals surface area contributed by atoms with E-state index in [9.17, 15) is 18.4 Å². The smallest absolute Gasteiger partial charge is 0.348 e. The second-order valence-electron chi connectivity index (χ2n) is 5.14. The summed E-state index contributed by atoms with van der Waals surface area (Å²) in [6, 6.07) is 9.42. The molecule has 4 nitrogen and oxygen atoms in total. The molecule has 2 aromatic carbocycles. The Balaban J connectivity index is 1.68. The maximum atomic E-state index is 13.6. The van der Waals surface area contributed by atoms with Crippen molar-refractivity contribution in [3.8, 4) is 5.75 Å². The van der Waals surface area contributed by atoms with Gasteiger partial charge in [-0.3, -0.25) is 4.79 Å². The van der Waals surface area contributed by atoms with Gasteiger partial charge >= 0.3 is 5.97 Å². The number of hydrogen-bond donors (Lipinski definition) is 0. The van der Waals surface area contributed by atoms with Crippen LogP contribution >= 0.6 is 11.3 Å². The van der Waals surface area contributed by atoms with Gasteiger partial charge in [-0.1, -0.05) is 0 Å². The second kappa shape index (κ2) is 6.98. The number of Topliss-reactive ketones (excluding diaryl/α,β-unsaturated/α-hetero) is 1. The van der Waals surface area contributed by atoms with E-state index in [-0.39, 0.29) is 16.2 Å². The van der Waals surface area contributed by atoms with E-state index in [0.29, 0.717) is 5.39 Å². The fourth-order valence-electron chi connectivity index (χ4n) is 2.24. The molecule has 0 unspecified atom stereocenters. The molecule has 1 heterocycles. The zero-order chi connectivity index (χ0) is 18.0. The van der Waals surface area contributed by atoms with Gasteiger partial charge in [0.1, 0.15) is 10.7 Å². The molecule has 0 aliphatic rings. The van der Waals surface area contributed by atoms with Crippen LogP contribution in [0.1, 0.15) is 20.0 Å². The first kappa shape index (κ1) is 17.0. The summed E-state index contributed by atoms with van der Waals surface area (Å²) in [5.41, 5.74) is 0.0736. The number of rotatable bonds is 5. The molecule has 0 atom stereocenters. The number of ether oxygens (including phenoxy) is 2. The lowest BCUT2D eigenvalue weighted by Gasteiger charge is -2.05. The van der Waals surface area contributed by atoms with E-state index in [0.717, 1.165) is 22.1 Å². The van der Waals surface area contributed by atoms with Gasteiger partial charge in [-0.25, -0.2) is 13.6 Å². The largest absolute Gasteiger partial charge is 0.494 e. The van der Waals surface area contributed by atoms with Crippen molar-refractivity contribution in [2.75, 3.05) is 13.7 Å². The summed E-state index contributed by atoms with van der Waals surface area (Å²) < 4.78 is 37.3. The number of hydrogen-bond acceptors (Lipinski definition) is 5. The van der Waals surface area contributed by atoms with Crippen LogP contribution in [0.2, 0.25) is 0 Å². The summed E-state index contributed by atoms with van der Waals surface area (Å²) in [7, 11) is 1.32. The number of methoxy groups -OCH3 is 1. The zero-order valence-corrected chi connectivity index (χ0v) is 13.9. The van der Waals surface area contributed by atoms with Crippen molar-refractivity contribution < 1.29 is 27.8 Å². The Morgan fingerprint density at radius 2 is 1.88 bits per heavy atom. The third-order valence-corrected chi connectivity index (χ3v) is 4.58. The van der Waals surface area contributed by atoms with Crippen LogP contribution in [0, 0.1) is 11.6 Å². The quantitative estimate of drug-likeness (QED) is 0.504. The number of ketones is 1. The maximum Gasteiger partial charge on any atom is 0.348 e. The van der Waals surface area contributed by atoms with E-state index in [2.05, 4.69) is 0 Å². The van der Waals surface area contributed by atoms with Gasteiger partial charge in [-0.2, -0.15) is 0 Å². The highest BCUT2D eigenvalue weighted by Gasteiger charge is 2.16. The van der Waals surface area contributed by atoms with Crippen molar-refractivity contribution in [1.82, 2.24) is 0 Å². The summed E-state index contributed by atoms with van der Waals surface area (Å²) in [5.74, 6) is -2.29. The zero-order valence-electron chi connectivity index (χ0n) is 13.0. The van der Waals surface area contributed by atoms with Crippen LogP contribution in [0.25, 0.3) is 10.1 Å². The van der Waals surface area contributed by atoms with Crippen LogP contribution in [-0.2, 0) is 4.74 Å². The van der Waals surface area contributed by atoms with Crippen LogP contribution in [0.15, 0.2) is 42.5 Å². The average Bonchev–Trinajstić information content (AvgIpc) is 3.02. The van der Waals surface area contributed by atoms with Crippen molar-refractivity contribution >= 4 is 33.2 Å². The van der Waals surface area contributed by atoms with Crippen molar-refractivity contribution in [2.24, 2.45) is 0 Å². The first-order valence-electron chi connectivity index (χ1n) is 7.21. The monoisotopic (exact) mass is 362 g/mol. The lowest BCUT2D eigenvalue weighted by molar-refractivity contribution is 0.0479. The van der Waals surface area contributed by atoms with Gasteiger partial charge in [0.05, 0.1) is 7.11 Å². The number of esters is 1. The fourth-order valence-corrected chi connectivity index (χ4v) is 3.18. The Bertz CT molecular complexity index is 965. The highest BCUT2D eigenvalue weighted by Crippen LogP contribution is 2.27. The first-order valence-corrected chi connectivity index (χ1v) is 8.02. The standard InChI is InChI=1S/C18H12F2O4S/c1-23-15-4-2-10(7-13(15)20)14(21)9-24-18(22)17-8-11-6-12(19)3-5-16(11)25-17/h2-8H,9H2,1H3. The highest BCUT2D eigenvalue weighted by atomic mass is 32.1. The van der Waals surface area contributed by atoms with Gasteiger partial charge in [-0.15, -0.1) is 11.3 Å². The van der Waals surface area contributed by atoms with E-state index in [4.69, 9.17) is 9.47 Å². The molecule has 0 fully saturated rings. The minimum Gasteiger partial charge on any atom is -0.494 e. The summed E-state index contributed by atoms with van der Waals surface area (Å²) >= 11 is 1.14. The van der Waals surface area contributed by atoms with Crippen molar-refractivity contribution in [3.63, 3.8) is 0 Å². The Morgan fingerprint density at radius 3 is 2.60 bits per heavy atom. The normalized spacial score (nSPS) is 10.7. The highest BCUT2D eigenvalue weighted by molar-refractivity contribution is 7.20. The fraction of sp³-hybridized carbons (Fsp3) is 0.111. The Morgan fingerprint density at radius 1 is 1.08 bits per heavy atom. The Kier molecular flexibility index (Phi) is 4.76. The number of halogens is 2. The molecule has 25 heavy (non-hydrogen) atoms. The van der Waals surface area contributed by atoms with E-state index in [1.807, 2.05) is 0 Å². The minimum atomic E-state index is -0.691. The van der Waals surface area contributed by atoms with Crippen LogP contribution in [-0.4, -0.2) is 25.5 Å². The summed E-state index contributed by atoms with van der Waals surface area (Å²) in [5, 5.41) is 0.584. The number of benzene rings is 2. The lowest BCUT2D eigenvalue weighted by Crippen LogP contribution is -2.13. The SMILES string of the molecule is COc1ccc(C(=O)COC(=O)c2cc3cc(F)ccc3s2)cc1F. The molecule has 128 valence electrons. The molecule has 0 aliphatic carbocycles. The van der Waals surface area contributed by atoms with Crippen LogP contribution < -0.4 is 4.74 Å².